The molecule has 3 aromatic heterocycles. The number of pyridine rings is 1. The van der Waals surface area contributed by atoms with E-state index >= 15 is 0 Å². The standard InChI is InChI=1S/C54H65N9O4.C2H6/c1-5-24-59(29-30-62-51-39(6-2)8-7-9-48(51)63(54(62)67)49-16-17-50(64)57-52(49)65)35-38-19-27-61(28-20-38)53(66)42-12-10-40(11-13-42)41-21-25-60(26-22-41)34-36(3)31-46-37(4)55-23-18-45(46)43-14-15-47-44(32-43)33-56-58-47;1-2/h7-15,18,23,31-33,38,41,49H,5-6,16-17,19-22,24-30,34-35H2,1-4H3,(H,56,58)(H,57,64,65);1-2H3/b36-31+;. The Morgan fingerprint density at radius 3 is 2.39 bits per heavy atom. The number of benzene rings is 3. The fraction of sp³-hybridized carbons (Fsp3) is 0.464. The number of fused-ring (bicyclic) bond motifs is 2. The molecular formula is C56H71N9O4. The van der Waals surface area contributed by atoms with E-state index in [1.165, 1.54) is 22.3 Å². The van der Waals surface area contributed by atoms with Crippen LogP contribution < -0.4 is 11.0 Å². The molecule has 2 N–H and O–H groups in total. The lowest BCUT2D eigenvalue weighted by Crippen LogP contribution is -2.45. The van der Waals surface area contributed by atoms with Gasteiger partial charge in [0.2, 0.25) is 11.8 Å². The summed E-state index contributed by atoms with van der Waals surface area (Å²) in [7, 11) is 0. The quantitative estimate of drug-likeness (QED) is 0.0972. The van der Waals surface area contributed by atoms with Crippen molar-refractivity contribution in [1.82, 2.24) is 44.3 Å². The van der Waals surface area contributed by atoms with Gasteiger partial charge in [-0.1, -0.05) is 69.7 Å². The topological polar surface area (TPSA) is 141 Å². The van der Waals surface area contributed by atoms with E-state index in [9.17, 15) is 19.2 Å². The van der Waals surface area contributed by atoms with E-state index in [4.69, 9.17) is 0 Å². The zero-order chi connectivity index (χ0) is 48.6. The van der Waals surface area contributed by atoms with Crippen molar-refractivity contribution < 1.29 is 14.4 Å². The maximum Gasteiger partial charge on any atom is 0.329 e. The first kappa shape index (κ1) is 49.2. The number of carbonyl (C=O) groups excluding carboxylic acids is 3. The highest BCUT2D eigenvalue weighted by Crippen LogP contribution is 2.32. The Morgan fingerprint density at radius 2 is 1.67 bits per heavy atom. The maximum absolute atomic E-state index is 14.1. The molecule has 3 aliphatic rings. The molecule has 3 fully saturated rings. The Kier molecular flexibility index (Phi) is 16.1. The third-order valence-corrected chi connectivity index (χ3v) is 14.6. The first-order valence-electron chi connectivity index (χ1n) is 25.5. The third kappa shape index (κ3) is 11.0. The number of carbonyl (C=O) groups is 3. The molecule has 13 nitrogen and oxygen atoms in total. The summed E-state index contributed by atoms with van der Waals surface area (Å²) in [4.78, 5) is 64.5. The summed E-state index contributed by atoms with van der Waals surface area (Å²) < 4.78 is 3.46. The minimum atomic E-state index is -0.708. The Morgan fingerprint density at radius 1 is 0.899 bits per heavy atom. The number of nitrogens with one attached hydrogen (secondary N) is 2. The van der Waals surface area contributed by atoms with Crippen molar-refractivity contribution in [3.8, 4) is 11.1 Å². The number of aryl methyl sites for hydroxylation is 2. The molecule has 9 rings (SSSR count). The van der Waals surface area contributed by atoms with Gasteiger partial charge in [-0.25, -0.2) is 4.79 Å². The Labute approximate surface area is 407 Å². The van der Waals surface area contributed by atoms with Crippen molar-refractivity contribution in [2.24, 2.45) is 5.92 Å². The molecule has 0 bridgehead atoms. The van der Waals surface area contributed by atoms with Crippen LogP contribution in [0.1, 0.15) is 124 Å². The summed E-state index contributed by atoms with van der Waals surface area (Å²) in [5.74, 6) is 0.340. The van der Waals surface area contributed by atoms with Crippen LogP contribution >= 0.6 is 0 Å². The highest BCUT2D eigenvalue weighted by atomic mass is 16.2. The maximum atomic E-state index is 14.1. The molecule has 364 valence electrons. The van der Waals surface area contributed by atoms with Crippen molar-refractivity contribution in [3.63, 3.8) is 0 Å². The highest BCUT2D eigenvalue weighted by molar-refractivity contribution is 6.00. The molecule has 1 atom stereocenters. The van der Waals surface area contributed by atoms with Gasteiger partial charge in [0.15, 0.2) is 0 Å². The van der Waals surface area contributed by atoms with Crippen molar-refractivity contribution in [2.75, 3.05) is 52.4 Å². The second-order valence-corrected chi connectivity index (χ2v) is 19.1. The van der Waals surface area contributed by atoms with E-state index in [1.807, 2.05) is 60.0 Å². The third-order valence-electron chi connectivity index (χ3n) is 14.6. The molecule has 0 saturated carbocycles. The average molecular weight is 934 g/mol. The van der Waals surface area contributed by atoms with E-state index in [-0.39, 0.29) is 23.9 Å². The molecule has 3 aliphatic heterocycles. The van der Waals surface area contributed by atoms with Gasteiger partial charge in [0.25, 0.3) is 5.91 Å². The number of amides is 3. The molecule has 69 heavy (non-hydrogen) atoms. The Hall–Kier alpha value is -6.18. The Balaban J connectivity index is 0.00000317. The number of aromatic nitrogens is 5. The van der Waals surface area contributed by atoms with E-state index in [1.54, 1.807) is 4.57 Å². The van der Waals surface area contributed by atoms with Gasteiger partial charge in [0, 0.05) is 74.1 Å². The summed E-state index contributed by atoms with van der Waals surface area (Å²) >= 11 is 0. The summed E-state index contributed by atoms with van der Waals surface area (Å²) in [5, 5.41) is 10.8. The minimum Gasteiger partial charge on any atom is -0.339 e. The number of para-hydroxylation sites is 1. The number of H-pyrrole nitrogens is 1. The zero-order valence-electron chi connectivity index (χ0n) is 41.6. The lowest BCUT2D eigenvalue weighted by molar-refractivity contribution is -0.135. The molecule has 3 amide bonds. The lowest BCUT2D eigenvalue weighted by atomic mass is 9.88. The predicted molar refractivity (Wildman–Crippen MR) is 276 cm³/mol. The number of aromatic amines is 1. The average Bonchev–Trinajstić information content (AvgIpc) is 3.96. The molecule has 1 unspecified atom stereocenters. The van der Waals surface area contributed by atoms with Gasteiger partial charge in [-0.3, -0.25) is 43.8 Å². The molecule has 0 aliphatic carbocycles. The second-order valence-electron chi connectivity index (χ2n) is 19.1. The van der Waals surface area contributed by atoms with Crippen LogP contribution in [-0.2, 0) is 22.6 Å². The summed E-state index contributed by atoms with van der Waals surface area (Å²) in [6.07, 6.45) is 12.4. The van der Waals surface area contributed by atoms with Crippen LogP contribution in [0.15, 0.2) is 89.5 Å². The van der Waals surface area contributed by atoms with E-state index < -0.39 is 11.9 Å². The van der Waals surface area contributed by atoms with Gasteiger partial charge in [0.1, 0.15) is 6.04 Å². The van der Waals surface area contributed by atoms with E-state index in [0.29, 0.717) is 31.3 Å². The fourth-order valence-corrected chi connectivity index (χ4v) is 10.9. The smallest absolute Gasteiger partial charge is 0.329 e. The van der Waals surface area contributed by atoms with E-state index in [2.05, 4.69) is 107 Å². The highest BCUT2D eigenvalue weighted by Gasteiger charge is 2.33. The van der Waals surface area contributed by atoms with Crippen molar-refractivity contribution in [2.45, 2.75) is 111 Å². The normalized spacial score (nSPS) is 17.7. The monoisotopic (exact) mass is 934 g/mol. The molecule has 3 aromatic carbocycles. The fourth-order valence-electron chi connectivity index (χ4n) is 10.9. The summed E-state index contributed by atoms with van der Waals surface area (Å²) in [5.41, 5.74) is 11.5. The van der Waals surface area contributed by atoms with Crippen LogP contribution in [0.25, 0.3) is 39.1 Å². The second kappa shape index (κ2) is 22.5. The molecule has 3 saturated heterocycles. The number of imidazole rings is 1. The van der Waals surface area contributed by atoms with Crippen LogP contribution in [0, 0.1) is 12.8 Å². The van der Waals surface area contributed by atoms with Gasteiger partial charge in [-0.2, -0.15) is 5.10 Å². The minimum absolute atomic E-state index is 0.111. The number of hydrogen-bond donors (Lipinski definition) is 2. The summed E-state index contributed by atoms with van der Waals surface area (Å²) in [6.45, 7) is 20.1. The number of likely N-dealkylation sites (tertiary alicyclic amines) is 2. The Bertz CT molecular complexity index is 2840. The SMILES string of the molecule is CC.CCCN(CCn1c(=O)n(C2CCC(=O)NC2=O)c2cccc(CC)c21)CC1CCN(C(=O)c2ccc(C3CCN(C/C(C)=C/c4c(-c5ccc6[nH]ncc6c5)ccnc4C)CC3)cc2)CC1. The molecular weight excluding hydrogens is 863 g/mol. The first-order chi connectivity index (χ1) is 33.6. The number of hydrogen-bond acceptors (Lipinski definition) is 8. The van der Waals surface area contributed by atoms with Gasteiger partial charge >= 0.3 is 5.69 Å². The van der Waals surface area contributed by atoms with Gasteiger partial charge < -0.3 is 9.80 Å². The number of piperidine rings is 3. The number of nitrogens with zero attached hydrogens (tertiary/aromatic N) is 7. The van der Waals surface area contributed by atoms with Gasteiger partial charge in [-0.15, -0.1) is 0 Å². The molecule has 6 aromatic rings. The van der Waals surface area contributed by atoms with Crippen LogP contribution in [0.2, 0.25) is 0 Å². The molecule has 13 heteroatoms. The predicted octanol–water partition coefficient (Wildman–Crippen LogP) is 9.16. The van der Waals surface area contributed by atoms with Crippen LogP contribution in [0.4, 0.5) is 0 Å². The number of imide groups is 1. The molecule has 0 radical (unpaired) electrons. The van der Waals surface area contributed by atoms with Crippen LogP contribution in [0.3, 0.4) is 0 Å². The largest absolute Gasteiger partial charge is 0.339 e. The van der Waals surface area contributed by atoms with Crippen molar-refractivity contribution in [1.29, 1.82) is 0 Å². The van der Waals surface area contributed by atoms with E-state index in [0.717, 1.165) is 129 Å². The first-order valence-corrected chi connectivity index (χ1v) is 25.5. The van der Waals surface area contributed by atoms with Crippen LogP contribution in [-0.4, -0.2) is 109 Å². The molecule has 6 heterocycles. The number of rotatable bonds is 15. The van der Waals surface area contributed by atoms with Crippen LogP contribution in [0.5, 0.6) is 0 Å². The van der Waals surface area contributed by atoms with Gasteiger partial charge in [-0.05, 0) is 149 Å². The van der Waals surface area contributed by atoms with Crippen molar-refractivity contribution in [3.05, 3.63) is 123 Å². The molecule has 0 spiro atoms. The van der Waals surface area contributed by atoms with Gasteiger partial charge in [0.05, 0.1) is 22.7 Å². The zero-order valence-corrected chi connectivity index (χ0v) is 41.6. The summed E-state index contributed by atoms with van der Waals surface area (Å²) in [6, 6.07) is 22.2. The lowest BCUT2D eigenvalue weighted by Gasteiger charge is -2.35. The van der Waals surface area contributed by atoms with Crippen molar-refractivity contribution >= 4 is 45.7 Å².